The first-order valence-corrected chi connectivity index (χ1v) is 6.13. The monoisotopic (exact) mass is 261 g/mol. The normalized spacial score (nSPS) is 9.83. The topological polar surface area (TPSA) is 80.9 Å². The van der Waals surface area contributed by atoms with Crippen molar-refractivity contribution in [2.75, 3.05) is 6.54 Å². The zero-order valence-electron chi connectivity index (χ0n) is 9.47. The van der Waals surface area contributed by atoms with Crippen LogP contribution in [-0.4, -0.2) is 16.1 Å². The third-order valence-corrected chi connectivity index (χ3v) is 3.13. The van der Waals surface area contributed by atoms with Gasteiger partial charge in [-0.2, -0.15) is 0 Å². The summed E-state index contributed by atoms with van der Waals surface area (Å²) >= 11 is 1.51. The summed E-state index contributed by atoms with van der Waals surface area (Å²) in [5.41, 5.74) is 5.38. The lowest BCUT2D eigenvalue weighted by Gasteiger charge is -2.00. The van der Waals surface area contributed by atoms with E-state index >= 15 is 0 Å². The van der Waals surface area contributed by atoms with Gasteiger partial charge in [0, 0.05) is 28.1 Å². The Morgan fingerprint density at radius 2 is 2.28 bits per heavy atom. The lowest BCUT2D eigenvalue weighted by molar-refractivity contribution is 0.729. The third kappa shape index (κ3) is 2.97. The lowest BCUT2D eigenvalue weighted by atomic mass is 10.3. The van der Waals surface area contributed by atoms with Gasteiger partial charge >= 0.3 is 5.69 Å². The maximum Gasteiger partial charge on any atom is 0.328 e. The fourth-order valence-electron chi connectivity index (χ4n) is 1.42. The van der Waals surface area contributed by atoms with Gasteiger partial charge in [0.15, 0.2) is 0 Å². The second kappa shape index (κ2) is 5.49. The SMILES string of the molecule is NCC#Cc1csc(Cn2ccc(=O)[nH]c2=O)c1. The predicted octanol–water partition coefficient (Wildman–Crippen LogP) is -0.0434. The van der Waals surface area contributed by atoms with E-state index in [2.05, 4.69) is 16.8 Å². The number of hydrogen-bond donors (Lipinski definition) is 2. The molecule has 0 saturated carbocycles. The van der Waals surface area contributed by atoms with Crippen LogP contribution in [0.3, 0.4) is 0 Å². The number of nitrogens with one attached hydrogen (secondary N) is 1. The summed E-state index contributed by atoms with van der Waals surface area (Å²) in [6.07, 6.45) is 1.48. The fourth-order valence-corrected chi connectivity index (χ4v) is 2.23. The Morgan fingerprint density at radius 3 is 3.00 bits per heavy atom. The molecule has 3 N–H and O–H groups in total. The molecule has 0 atom stereocenters. The summed E-state index contributed by atoms with van der Waals surface area (Å²) in [6.45, 7) is 0.745. The molecular formula is C12H11N3O2S. The van der Waals surface area contributed by atoms with E-state index < -0.39 is 11.2 Å². The molecule has 6 heteroatoms. The minimum absolute atomic E-state index is 0.324. The van der Waals surface area contributed by atoms with Crippen molar-refractivity contribution in [3.8, 4) is 11.8 Å². The van der Waals surface area contributed by atoms with Crippen LogP contribution < -0.4 is 17.0 Å². The van der Waals surface area contributed by atoms with E-state index in [-0.39, 0.29) is 0 Å². The fraction of sp³-hybridized carbons (Fsp3) is 0.167. The Morgan fingerprint density at radius 1 is 1.44 bits per heavy atom. The van der Waals surface area contributed by atoms with Crippen molar-refractivity contribution in [2.45, 2.75) is 6.54 Å². The molecule has 0 aliphatic heterocycles. The lowest BCUT2D eigenvalue weighted by Crippen LogP contribution is -2.28. The molecule has 2 heterocycles. The van der Waals surface area contributed by atoms with Crippen LogP contribution in [0.15, 0.2) is 33.3 Å². The highest BCUT2D eigenvalue weighted by Crippen LogP contribution is 2.14. The minimum atomic E-state index is -0.412. The molecule has 0 bridgehead atoms. The van der Waals surface area contributed by atoms with Gasteiger partial charge in [-0.15, -0.1) is 11.3 Å². The van der Waals surface area contributed by atoms with Gasteiger partial charge in [-0.1, -0.05) is 11.8 Å². The molecule has 0 unspecified atom stereocenters. The number of nitrogens with two attached hydrogens (primary N) is 1. The number of aromatic amines is 1. The summed E-state index contributed by atoms with van der Waals surface area (Å²) in [4.78, 5) is 25.6. The first kappa shape index (κ1) is 12.4. The van der Waals surface area contributed by atoms with Gasteiger partial charge in [0.1, 0.15) is 0 Å². The van der Waals surface area contributed by atoms with Gasteiger partial charge in [-0.05, 0) is 6.07 Å². The standard InChI is InChI=1S/C12H11N3O2S/c13-4-1-2-9-6-10(18-8-9)7-15-5-3-11(16)14-12(15)17/h3,5-6,8H,4,7,13H2,(H,14,16,17). The van der Waals surface area contributed by atoms with E-state index in [1.54, 1.807) is 0 Å². The van der Waals surface area contributed by atoms with Crippen LogP contribution in [-0.2, 0) is 6.54 Å². The summed E-state index contributed by atoms with van der Waals surface area (Å²) < 4.78 is 1.44. The Hall–Kier alpha value is -2.10. The van der Waals surface area contributed by atoms with Crippen LogP contribution in [0.4, 0.5) is 0 Å². The van der Waals surface area contributed by atoms with E-state index in [1.807, 2.05) is 11.4 Å². The number of hydrogen-bond acceptors (Lipinski definition) is 4. The molecule has 0 saturated heterocycles. The number of thiophene rings is 1. The smallest absolute Gasteiger partial charge is 0.320 e. The summed E-state index contributed by atoms with van der Waals surface area (Å²) in [5.74, 6) is 5.69. The highest BCUT2D eigenvalue weighted by molar-refractivity contribution is 7.10. The summed E-state index contributed by atoms with van der Waals surface area (Å²) in [5, 5.41) is 1.91. The van der Waals surface area contributed by atoms with Crippen molar-refractivity contribution in [1.82, 2.24) is 9.55 Å². The molecule has 92 valence electrons. The number of rotatable bonds is 2. The van der Waals surface area contributed by atoms with Gasteiger partial charge in [0.25, 0.3) is 5.56 Å². The quantitative estimate of drug-likeness (QED) is 0.744. The molecule has 0 aliphatic rings. The van der Waals surface area contributed by atoms with Crippen LogP contribution in [0.25, 0.3) is 0 Å². The Labute approximate surface area is 107 Å². The van der Waals surface area contributed by atoms with E-state index in [0.29, 0.717) is 13.1 Å². The van der Waals surface area contributed by atoms with Crippen LogP contribution in [0.1, 0.15) is 10.4 Å². The summed E-state index contributed by atoms with van der Waals surface area (Å²) in [6, 6.07) is 3.23. The Balaban J connectivity index is 2.21. The van der Waals surface area contributed by atoms with Gasteiger partial charge in [0.05, 0.1) is 13.1 Å². The first-order valence-electron chi connectivity index (χ1n) is 5.25. The Bertz CT molecular complexity index is 715. The highest BCUT2D eigenvalue weighted by atomic mass is 32.1. The number of aromatic nitrogens is 2. The molecule has 5 nitrogen and oxygen atoms in total. The average molecular weight is 261 g/mol. The molecule has 2 aromatic rings. The average Bonchev–Trinajstić information content (AvgIpc) is 2.78. The van der Waals surface area contributed by atoms with Gasteiger partial charge in [-0.25, -0.2) is 4.79 Å². The zero-order valence-corrected chi connectivity index (χ0v) is 10.3. The third-order valence-electron chi connectivity index (χ3n) is 2.21. The van der Waals surface area contributed by atoms with Crippen molar-refractivity contribution < 1.29 is 0 Å². The molecule has 2 rings (SSSR count). The molecule has 18 heavy (non-hydrogen) atoms. The molecular weight excluding hydrogens is 250 g/mol. The van der Waals surface area contributed by atoms with Crippen molar-refractivity contribution >= 4 is 11.3 Å². The van der Waals surface area contributed by atoms with Crippen LogP contribution in [0.2, 0.25) is 0 Å². The Kier molecular flexibility index (Phi) is 3.77. The zero-order chi connectivity index (χ0) is 13.0. The van der Waals surface area contributed by atoms with Crippen LogP contribution >= 0.6 is 11.3 Å². The minimum Gasteiger partial charge on any atom is -0.320 e. The van der Waals surface area contributed by atoms with E-state index in [4.69, 9.17) is 5.73 Å². The maximum atomic E-state index is 11.5. The molecule has 0 aliphatic carbocycles. The summed E-state index contributed by atoms with van der Waals surface area (Å²) in [7, 11) is 0. The van der Waals surface area contributed by atoms with Crippen molar-refractivity contribution in [3.05, 3.63) is 55.0 Å². The largest absolute Gasteiger partial charge is 0.328 e. The van der Waals surface area contributed by atoms with Crippen molar-refractivity contribution in [1.29, 1.82) is 0 Å². The molecule has 0 aromatic carbocycles. The predicted molar refractivity (Wildman–Crippen MR) is 70.7 cm³/mol. The molecule has 2 aromatic heterocycles. The number of nitrogens with zero attached hydrogens (tertiary/aromatic N) is 1. The second-order valence-corrected chi connectivity index (χ2v) is 4.54. The number of H-pyrrole nitrogens is 1. The van der Waals surface area contributed by atoms with E-state index in [1.165, 1.54) is 28.2 Å². The molecule has 0 fully saturated rings. The first-order chi connectivity index (χ1) is 8.69. The molecule has 0 amide bonds. The second-order valence-electron chi connectivity index (χ2n) is 3.55. The van der Waals surface area contributed by atoms with Crippen molar-refractivity contribution in [3.63, 3.8) is 0 Å². The van der Waals surface area contributed by atoms with E-state index in [9.17, 15) is 9.59 Å². The molecule has 0 radical (unpaired) electrons. The van der Waals surface area contributed by atoms with Crippen LogP contribution in [0.5, 0.6) is 0 Å². The van der Waals surface area contributed by atoms with Crippen LogP contribution in [0, 0.1) is 11.8 Å². The van der Waals surface area contributed by atoms with Gasteiger partial charge in [-0.3, -0.25) is 14.3 Å². The molecule has 0 spiro atoms. The maximum absolute atomic E-state index is 11.5. The van der Waals surface area contributed by atoms with Gasteiger partial charge in [0.2, 0.25) is 0 Å². The van der Waals surface area contributed by atoms with Gasteiger partial charge < -0.3 is 5.73 Å². The van der Waals surface area contributed by atoms with E-state index in [0.717, 1.165) is 10.4 Å². The van der Waals surface area contributed by atoms with Crippen molar-refractivity contribution in [2.24, 2.45) is 5.73 Å². The highest BCUT2D eigenvalue weighted by Gasteiger charge is 2.01.